The Balaban J connectivity index is 1.91. The third-order valence-electron chi connectivity index (χ3n) is 3.18. The molecule has 0 aromatic carbocycles. The van der Waals surface area contributed by atoms with Crippen LogP contribution in [0.3, 0.4) is 0 Å². The Labute approximate surface area is 104 Å². The smallest absolute Gasteiger partial charge is 0.254 e. The molecule has 1 atom stereocenters. The normalized spacial score (nSPS) is 18.7. The van der Waals surface area contributed by atoms with Crippen molar-refractivity contribution in [3.8, 4) is 0 Å². The molecule has 6 nitrogen and oxygen atoms in total. The van der Waals surface area contributed by atoms with Crippen LogP contribution in [0.15, 0.2) is 30.5 Å². The van der Waals surface area contributed by atoms with Gasteiger partial charge in [0, 0.05) is 18.3 Å². The summed E-state index contributed by atoms with van der Waals surface area (Å²) in [5.41, 5.74) is 1.21. The fourth-order valence-electron chi connectivity index (χ4n) is 2.20. The van der Waals surface area contributed by atoms with E-state index in [4.69, 9.17) is 0 Å². The lowest BCUT2D eigenvalue weighted by Gasteiger charge is -2.23. The van der Waals surface area contributed by atoms with Gasteiger partial charge >= 0.3 is 0 Å². The summed E-state index contributed by atoms with van der Waals surface area (Å²) in [5.74, 6) is 0.0253. The van der Waals surface area contributed by atoms with E-state index in [0.29, 0.717) is 17.8 Å². The fourth-order valence-corrected chi connectivity index (χ4v) is 2.20. The Hall–Kier alpha value is -2.24. The van der Waals surface area contributed by atoms with Crippen molar-refractivity contribution in [2.75, 3.05) is 6.54 Å². The van der Waals surface area contributed by atoms with Gasteiger partial charge in [-0.1, -0.05) is 19.1 Å². The van der Waals surface area contributed by atoms with Crippen molar-refractivity contribution in [3.63, 3.8) is 0 Å². The maximum atomic E-state index is 12.4. The molecule has 0 N–H and O–H groups in total. The lowest BCUT2D eigenvalue weighted by molar-refractivity contribution is 0.0747. The lowest BCUT2D eigenvalue weighted by atomic mass is 10.2. The summed E-state index contributed by atoms with van der Waals surface area (Å²) < 4.78 is 1.54. The standard InChI is InChI=1S/C12H13N5O/c1-2-10-4-3-6-16(10)12(18)9-5-7-17-11(8-9)13-14-15-17/h3-5,7-8,10H,2,6H2,1H3/t10-/m1/s1. The molecule has 92 valence electrons. The highest BCUT2D eigenvalue weighted by Gasteiger charge is 2.24. The number of carbonyl (C=O) groups excluding carboxylic acids is 1. The highest BCUT2D eigenvalue weighted by Crippen LogP contribution is 2.17. The molecule has 0 unspecified atom stereocenters. The zero-order valence-electron chi connectivity index (χ0n) is 10.0. The Morgan fingerprint density at radius 1 is 1.56 bits per heavy atom. The first-order chi connectivity index (χ1) is 8.79. The molecule has 0 saturated carbocycles. The quantitative estimate of drug-likeness (QED) is 0.736. The van der Waals surface area contributed by atoms with E-state index in [2.05, 4.69) is 28.5 Å². The summed E-state index contributed by atoms with van der Waals surface area (Å²) in [5, 5.41) is 11.2. The van der Waals surface area contributed by atoms with Gasteiger partial charge in [0.1, 0.15) is 0 Å². The second-order valence-corrected chi connectivity index (χ2v) is 4.26. The minimum Gasteiger partial charge on any atom is -0.329 e. The zero-order valence-corrected chi connectivity index (χ0v) is 10.0. The second-order valence-electron chi connectivity index (χ2n) is 4.26. The molecule has 0 saturated heterocycles. The molecule has 0 spiro atoms. The predicted octanol–water partition coefficient (Wildman–Crippen LogP) is 0.915. The van der Waals surface area contributed by atoms with Gasteiger partial charge < -0.3 is 4.90 Å². The first kappa shape index (κ1) is 10.9. The topological polar surface area (TPSA) is 63.4 Å². The van der Waals surface area contributed by atoms with Crippen LogP contribution in [0.5, 0.6) is 0 Å². The molecule has 1 amide bonds. The molecular weight excluding hydrogens is 230 g/mol. The molecule has 2 aromatic heterocycles. The van der Waals surface area contributed by atoms with Crippen molar-refractivity contribution in [3.05, 3.63) is 36.0 Å². The average Bonchev–Trinajstić information content (AvgIpc) is 3.05. The molecule has 6 heteroatoms. The van der Waals surface area contributed by atoms with Crippen molar-refractivity contribution < 1.29 is 4.79 Å². The number of pyridine rings is 1. The van der Waals surface area contributed by atoms with E-state index in [0.717, 1.165) is 6.42 Å². The van der Waals surface area contributed by atoms with Crippen LogP contribution in [0.4, 0.5) is 0 Å². The highest BCUT2D eigenvalue weighted by atomic mass is 16.2. The summed E-state index contributed by atoms with van der Waals surface area (Å²) in [6.07, 6.45) is 6.74. The van der Waals surface area contributed by atoms with E-state index in [1.54, 1.807) is 18.3 Å². The number of tetrazole rings is 1. The molecular formula is C12H13N5O. The van der Waals surface area contributed by atoms with Gasteiger partial charge in [-0.2, -0.15) is 0 Å². The molecule has 1 aliphatic rings. The molecule has 0 aliphatic carbocycles. The summed E-state index contributed by atoms with van der Waals surface area (Å²) in [6, 6.07) is 3.66. The molecule has 0 bridgehead atoms. The Kier molecular flexibility index (Phi) is 2.55. The number of hydrogen-bond donors (Lipinski definition) is 0. The van der Waals surface area contributed by atoms with Crippen LogP contribution in [-0.4, -0.2) is 43.4 Å². The van der Waals surface area contributed by atoms with Crippen molar-refractivity contribution in [1.82, 2.24) is 24.9 Å². The minimum atomic E-state index is 0.0253. The van der Waals surface area contributed by atoms with Crippen LogP contribution in [-0.2, 0) is 0 Å². The second kappa shape index (κ2) is 4.21. The van der Waals surface area contributed by atoms with Gasteiger partial charge in [-0.3, -0.25) is 4.79 Å². The van der Waals surface area contributed by atoms with Crippen molar-refractivity contribution in [1.29, 1.82) is 0 Å². The van der Waals surface area contributed by atoms with Crippen LogP contribution >= 0.6 is 0 Å². The summed E-state index contributed by atoms with van der Waals surface area (Å²) in [7, 11) is 0. The van der Waals surface area contributed by atoms with Gasteiger partial charge in [-0.05, 0) is 29.0 Å². The van der Waals surface area contributed by atoms with Gasteiger partial charge in [-0.25, -0.2) is 4.52 Å². The number of hydrogen-bond acceptors (Lipinski definition) is 4. The van der Waals surface area contributed by atoms with Gasteiger partial charge in [0.25, 0.3) is 5.91 Å². The first-order valence-corrected chi connectivity index (χ1v) is 5.95. The molecule has 0 radical (unpaired) electrons. The van der Waals surface area contributed by atoms with Gasteiger partial charge in [-0.15, -0.1) is 5.10 Å². The third-order valence-corrected chi connectivity index (χ3v) is 3.18. The maximum absolute atomic E-state index is 12.4. The van der Waals surface area contributed by atoms with E-state index < -0.39 is 0 Å². The summed E-state index contributed by atoms with van der Waals surface area (Å²) in [6.45, 7) is 2.75. The largest absolute Gasteiger partial charge is 0.329 e. The molecule has 2 aromatic rings. The van der Waals surface area contributed by atoms with Crippen LogP contribution in [0, 0.1) is 0 Å². The van der Waals surface area contributed by atoms with Crippen molar-refractivity contribution >= 4 is 11.6 Å². The number of aromatic nitrogens is 4. The maximum Gasteiger partial charge on any atom is 0.254 e. The van der Waals surface area contributed by atoms with Crippen molar-refractivity contribution in [2.45, 2.75) is 19.4 Å². The van der Waals surface area contributed by atoms with Crippen LogP contribution in [0.25, 0.3) is 5.65 Å². The van der Waals surface area contributed by atoms with Gasteiger partial charge in [0.05, 0.1) is 6.04 Å². The van der Waals surface area contributed by atoms with E-state index in [1.807, 2.05) is 11.0 Å². The number of carbonyl (C=O) groups is 1. The third kappa shape index (κ3) is 1.66. The van der Waals surface area contributed by atoms with Gasteiger partial charge in [0.15, 0.2) is 5.65 Å². The Bertz CT molecular complexity index is 618. The van der Waals surface area contributed by atoms with E-state index >= 15 is 0 Å². The van der Waals surface area contributed by atoms with E-state index in [9.17, 15) is 4.79 Å². The molecule has 3 heterocycles. The number of nitrogens with zero attached hydrogens (tertiary/aromatic N) is 5. The monoisotopic (exact) mass is 243 g/mol. The SMILES string of the molecule is CC[C@@H]1C=CCN1C(=O)c1ccn2nnnc2c1. The van der Waals surface area contributed by atoms with E-state index in [-0.39, 0.29) is 11.9 Å². The molecule has 3 rings (SSSR count). The molecule has 18 heavy (non-hydrogen) atoms. The number of amides is 1. The summed E-state index contributed by atoms with van der Waals surface area (Å²) in [4.78, 5) is 14.2. The van der Waals surface area contributed by atoms with Crippen LogP contribution in [0.1, 0.15) is 23.7 Å². The first-order valence-electron chi connectivity index (χ1n) is 5.95. The summed E-state index contributed by atoms with van der Waals surface area (Å²) >= 11 is 0. The Morgan fingerprint density at radius 2 is 2.44 bits per heavy atom. The minimum absolute atomic E-state index is 0.0253. The fraction of sp³-hybridized carbons (Fsp3) is 0.333. The zero-order chi connectivity index (χ0) is 12.5. The number of rotatable bonds is 2. The van der Waals surface area contributed by atoms with Gasteiger partial charge in [0.2, 0.25) is 0 Å². The predicted molar refractivity (Wildman–Crippen MR) is 65.0 cm³/mol. The number of fused-ring (bicyclic) bond motifs is 1. The molecule has 0 fully saturated rings. The Morgan fingerprint density at radius 3 is 3.28 bits per heavy atom. The van der Waals surface area contributed by atoms with E-state index in [1.165, 1.54) is 4.52 Å². The lowest BCUT2D eigenvalue weighted by Crippen LogP contribution is -2.35. The van der Waals surface area contributed by atoms with Crippen LogP contribution in [0.2, 0.25) is 0 Å². The van der Waals surface area contributed by atoms with Crippen LogP contribution < -0.4 is 0 Å². The highest BCUT2D eigenvalue weighted by molar-refractivity contribution is 5.95. The van der Waals surface area contributed by atoms with Crippen molar-refractivity contribution in [2.24, 2.45) is 0 Å². The average molecular weight is 243 g/mol. The molecule has 1 aliphatic heterocycles.